The van der Waals surface area contributed by atoms with Crippen LogP contribution in [0.2, 0.25) is 0 Å². The van der Waals surface area contributed by atoms with Crippen molar-refractivity contribution in [3.63, 3.8) is 0 Å². The van der Waals surface area contributed by atoms with E-state index in [4.69, 9.17) is 4.42 Å². The second kappa shape index (κ2) is 5.70. The maximum absolute atomic E-state index is 11.8. The van der Waals surface area contributed by atoms with Crippen LogP contribution in [0.1, 0.15) is 32.4 Å². The third-order valence-electron chi connectivity index (χ3n) is 2.76. The van der Waals surface area contributed by atoms with E-state index in [-0.39, 0.29) is 18.0 Å². The van der Waals surface area contributed by atoms with E-state index in [1.807, 2.05) is 33.9 Å². The van der Waals surface area contributed by atoms with Crippen LogP contribution in [0, 0.1) is 0 Å². The van der Waals surface area contributed by atoms with Gasteiger partial charge in [0.25, 0.3) is 0 Å². The van der Waals surface area contributed by atoms with Gasteiger partial charge in [-0.05, 0) is 26.8 Å². The lowest BCUT2D eigenvalue weighted by atomic mass is 10.1. The van der Waals surface area contributed by atoms with Gasteiger partial charge < -0.3 is 9.32 Å². The molecule has 0 aliphatic heterocycles. The largest absolute Gasteiger partial charge is 0.472 e. The summed E-state index contributed by atoms with van der Waals surface area (Å²) in [6.45, 7) is 6.58. The molecule has 1 aromatic heterocycles. The summed E-state index contributed by atoms with van der Waals surface area (Å²) in [6.07, 6.45) is 3.33. The fraction of sp³-hybridized carbons (Fsp3) is 0.583. The summed E-state index contributed by atoms with van der Waals surface area (Å²) >= 11 is 0. The van der Waals surface area contributed by atoms with Gasteiger partial charge in [-0.25, -0.2) is 0 Å². The van der Waals surface area contributed by atoms with Crippen molar-refractivity contribution in [1.82, 2.24) is 10.2 Å². The number of hydrogen-bond acceptors (Lipinski definition) is 3. The minimum atomic E-state index is -0.185. The van der Waals surface area contributed by atoms with Crippen LogP contribution in [-0.2, 0) is 4.79 Å². The summed E-state index contributed by atoms with van der Waals surface area (Å²) in [5.41, 5.74) is 1.05. The molecule has 0 radical (unpaired) electrons. The van der Waals surface area contributed by atoms with Crippen molar-refractivity contribution in [2.45, 2.75) is 32.9 Å². The number of carbonyl (C=O) groups excluding carboxylic acids is 1. The zero-order valence-corrected chi connectivity index (χ0v) is 10.4. The molecule has 0 aromatic carbocycles. The zero-order chi connectivity index (χ0) is 12.1. The quantitative estimate of drug-likeness (QED) is 0.829. The third-order valence-corrected chi connectivity index (χ3v) is 2.76. The molecule has 2 unspecified atom stereocenters. The Morgan fingerprint density at radius 2 is 2.25 bits per heavy atom. The molecule has 0 saturated heterocycles. The first kappa shape index (κ1) is 12.8. The lowest BCUT2D eigenvalue weighted by Crippen LogP contribution is -2.43. The molecule has 1 aromatic rings. The van der Waals surface area contributed by atoms with Crippen molar-refractivity contribution in [3.05, 3.63) is 24.2 Å². The molecule has 0 bridgehead atoms. The molecule has 2 atom stereocenters. The van der Waals surface area contributed by atoms with Crippen LogP contribution in [0.15, 0.2) is 23.0 Å². The van der Waals surface area contributed by atoms with Crippen LogP contribution in [0.3, 0.4) is 0 Å². The number of nitrogens with one attached hydrogen (secondary N) is 1. The fourth-order valence-corrected chi connectivity index (χ4v) is 1.55. The highest BCUT2D eigenvalue weighted by Gasteiger charge is 2.18. The number of furan rings is 1. The van der Waals surface area contributed by atoms with E-state index >= 15 is 0 Å². The number of amides is 1. The predicted octanol–water partition coefficient (Wildman–Crippen LogP) is 1.80. The number of carbonyl (C=O) groups is 1. The van der Waals surface area contributed by atoms with Gasteiger partial charge in [0.15, 0.2) is 0 Å². The van der Waals surface area contributed by atoms with E-state index in [0.29, 0.717) is 0 Å². The maximum atomic E-state index is 11.8. The van der Waals surface area contributed by atoms with Crippen molar-refractivity contribution in [2.75, 3.05) is 13.6 Å². The van der Waals surface area contributed by atoms with Crippen molar-refractivity contribution in [3.8, 4) is 0 Å². The van der Waals surface area contributed by atoms with Gasteiger partial charge in [0.05, 0.1) is 18.6 Å². The molecule has 4 heteroatoms. The minimum Gasteiger partial charge on any atom is -0.472 e. The van der Waals surface area contributed by atoms with E-state index in [1.54, 1.807) is 17.4 Å². The monoisotopic (exact) mass is 224 g/mol. The number of hydrogen-bond donors (Lipinski definition) is 1. The van der Waals surface area contributed by atoms with Crippen LogP contribution in [0.4, 0.5) is 0 Å². The summed E-state index contributed by atoms with van der Waals surface area (Å²) in [5.74, 6) is 0.109. The molecule has 0 aliphatic carbocycles. The molecule has 1 amide bonds. The van der Waals surface area contributed by atoms with Crippen LogP contribution >= 0.6 is 0 Å². The highest BCUT2D eigenvalue weighted by Crippen LogP contribution is 2.13. The second-order valence-corrected chi connectivity index (χ2v) is 4.02. The Hall–Kier alpha value is -1.29. The van der Waals surface area contributed by atoms with E-state index in [0.717, 1.165) is 12.1 Å². The van der Waals surface area contributed by atoms with Crippen LogP contribution in [-0.4, -0.2) is 30.4 Å². The van der Waals surface area contributed by atoms with E-state index in [1.165, 1.54) is 0 Å². The topological polar surface area (TPSA) is 45.5 Å². The van der Waals surface area contributed by atoms with Gasteiger partial charge in [-0.1, -0.05) is 0 Å². The number of likely N-dealkylation sites (N-methyl/N-ethyl adjacent to an activating group) is 1. The lowest BCUT2D eigenvalue weighted by molar-refractivity contribution is -0.131. The smallest absolute Gasteiger partial charge is 0.239 e. The molecule has 0 spiro atoms. The average Bonchev–Trinajstić information content (AvgIpc) is 2.80. The summed E-state index contributed by atoms with van der Waals surface area (Å²) in [7, 11) is 1.81. The van der Waals surface area contributed by atoms with E-state index < -0.39 is 0 Å². The second-order valence-electron chi connectivity index (χ2n) is 4.02. The maximum Gasteiger partial charge on any atom is 0.239 e. The Kier molecular flexibility index (Phi) is 4.55. The van der Waals surface area contributed by atoms with Gasteiger partial charge in [-0.2, -0.15) is 0 Å². The Balaban J connectivity index is 2.51. The number of rotatable bonds is 5. The van der Waals surface area contributed by atoms with Crippen molar-refractivity contribution >= 4 is 5.91 Å². The van der Waals surface area contributed by atoms with E-state index in [9.17, 15) is 4.79 Å². The summed E-state index contributed by atoms with van der Waals surface area (Å²) in [5, 5.41) is 3.25. The van der Waals surface area contributed by atoms with Gasteiger partial charge in [-0.15, -0.1) is 0 Å². The van der Waals surface area contributed by atoms with Crippen LogP contribution in [0.5, 0.6) is 0 Å². The molecule has 4 nitrogen and oxygen atoms in total. The molecular formula is C12H20N2O2. The zero-order valence-electron chi connectivity index (χ0n) is 10.4. The molecule has 0 fully saturated rings. The first-order chi connectivity index (χ1) is 7.56. The third kappa shape index (κ3) is 3.10. The average molecular weight is 224 g/mol. The van der Waals surface area contributed by atoms with Crippen LogP contribution < -0.4 is 5.32 Å². The van der Waals surface area contributed by atoms with Gasteiger partial charge in [-0.3, -0.25) is 10.1 Å². The molecule has 16 heavy (non-hydrogen) atoms. The predicted molar refractivity (Wildman–Crippen MR) is 63.0 cm³/mol. The Bertz CT molecular complexity index is 322. The summed E-state index contributed by atoms with van der Waals surface area (Å²) < 4.78 is 5.01. The minimum absolute atomic E-state index is 0.109. The summed E-state index contributed by atoms with van der Waals surface area (Å²) in [6, 6.07) is 1.83. The first-order valence-electron chi connectivity index (χ1n) is 5.59. The Morgan fingerprint density at radius 1 is 1.56 bits per heavy atom. The van der Waals surface area contributed by atoms with Crippen molar-refractivity contribution < 1.29 is 9.21 Å². The highest BCUT2D eigenvalue weighted by atomic mass is 16.3. The SMILES string of the molecule is CCN(C)C(=O)C(C)NC(C)c1ccoc1. The van der Waals surface area contributed by atoms with Crippen molar-refractivity contribution in [1.29, 1.82) is 0 Å². The molecule has 1 rings (SSSR count). The van der Waals surface area contributed by atoms with Crippen LogP contribution in [0.25, 0.3) is 0 Å². The van der Waals surface area contributed by atoms with Gasteiger partial charge in [0.1, 0.15) is 0 Å². The summed E-state index contributed by atoms with van der Waals surface area (Å²) in [4.78, 5) is 13.5. The molecular weight excluding hydrogens is 204 g/mol. The van der Waals surface area contributed by atoms with Gasteiger partial charge in [0.2, 0.25) is 5.91 Å². The molecule has 1 heterocycles. The molecule has 1 N–H and O–H groups in total. The Labute approximate surface area is 96.6 Å². The van der Waals surface area contributed by atoms with Crippen molar-refractivity contribution in [2.24, 2.45) is 0 Å². The standard InChI is InChI=1S/C12H20N2O2/c1-5-14(4)12(15)10(3)13-9(2)11-6-7-16-8-11/h6-10,13H,5H2,1-4H3. The Morgan fingerprint density at radius 3 is 2.75 bits per heavy atom. The normalized spacial score (nSPS) is 14.5. The first-order valence-corrected chi connectivity index (χ1v) is 5.59. The number of nitrogens with zero attached hydrogens (tertiary/aromatic N) is 1. The van der Waals surface area contributed by atoms with Gasteiger partial charge >= 0.3 is 0 Å². The lowest BCUT2D eigenvalue weighted by Gasteiger charge is -2.23. The van der Waals surface area contributed by atoms with Gasteiger partial charge in [0, 0.05) is 25.2 Å². The highest BCUT2D eigenvalue weighted by molar-refractivity contribution is 5.81. The molecule has 90 valence electrons. The molecule has 0 saturated carbocycles. The molecule has 0 aliphatic rings. The van der Waals surface area contributed by atoms with E-state index in [2.05, 4.69) is 5.32 Å². The fourth-order valence-electron chi connectivity index (χ4n) is 1.55.